The molecule has 0 aliphatic rings. The Morgan fingerprint density at radius 1 is 1.10 bits per heavy atom. The van der Waals surface area contributed by atoms with Crippen molar-refractivity contribution in [2.24, 2.45) is 0 Å². The van der Waals surface area contributed by atoms with E-state index in [1.165, 1.54) is 6.08 Å². The molecule has 0 radical (unpaired) electrons. The number of para-hydroxylation sites is 1. The largest absolute Gasteiger partial charge is 0.485 e. The Kier molecular flexibility index (Phi) is 5.38. The van der Waals surface area contributed by atoms with Crippen LogP contribution in [0.15, 0.2) is 89.9 Å². The van der Waals surface area contributed by atoms with Gasteiger partial charge in [0, 0.05) is 23.6 Å². The van der Waals surface area contributed by atoms with Crippen molar-refractivity contribution in [3.8, 4) is 11.4 Å². The Bertz CT molecular complexity index is 1120. The first-order valence-corrected chi connectivity index (χ1v) is 9.27. The van der Waals surface area contributed by atoms with Gasteiger partial charge in [0.05, 0.1) is 6.33 Å². The summed E-state index contributed by atoms with van der Waals surface area (Å²) in [6.07, 6.45) is 8.47. The molecule has 4 aromatic rings. The predicted octanol–water partition coefficient (Wildman–Crippen LogP) is 5.25. The number of aryl methyl sites for hydroxylation is 1. The number of ketones is 1. The van der Waals surface area contributed by atoms with Crippen LogP contribution >= 0.6 is 0 Å². The summed E-state index contributed by atoms with van der Waals surface area (Å²) >= 11 is 0. The molecule has 2 aromatic carbocycles. The monoisotopic (exact) mass is 384 g/mol. The highest BCUT2D eigenvalue weighted by atomic mass is 16.5. The summed E-state index contributed by atoms with van der Waals surface area (Å²) in [6, 6.07) is 18.9. The second-order valence-electron chi connectivity index (χ2n) is 6.57. The predicted molar refractivity (Wildman–Crippen MR) is 111 cm³/mol. The third-order valence-electron chi connectivity index (χ3n) is 4.50. The lowest BCUT2D eigenvalue weighted by molar-refractivity contribution is 0.104. The summed E-state index contributed by atoms with van der Waals surface area (Å²) in [7, 11) is 0. The maximum atomic E-state index is 12.4. The van der Waals surface area contributed by atoms with Crippen LogP contribution in [0.2, 0.25) is 0 Å². The van der Waals surface area contributed by atoms with Gasteiger partial charge in [-0.15, -0.1) is 0 Å². The fraction of sp³-hybridized carbons (Fsp3) is 0.0833. The van der Waals surface area contributed by atoms with E-state index in [-0.39, 0.29) is 5.78 Å². The zero-order valence-electron chi connectivity index (χ0n) is 16.0. The SMILES string of the molecule is Cc1ccccc1OCc1ccc(/C=C/C(=O)c2ccc(-n3ccnc3)cc2)o1. The number of nitrogens with zero attached hydrogens (tertiary/aromatic N) is 2. The third-order valence-corrected chi connectivity index (χ3v) is 4.50. The molecule has 5 heteroatoms. The van der Waals surface area contributed by atoms with E-state index in [1.54, 1.807) is 30.7 Å². The van der Waals surface area contributed by atoms with E-state index in [2.05, 4.69) is 4.98 Å². The van der Waals surface area contributed by atoms with Crippen LogP contribution in [-0.2, 0) is 6.61 Å². The van der Waals surface area contributed by atoms with Crippen molar-refractivity contribution in [1.29, 1.82) is 0 Å². The molecule has 4 rings (SSSR count). The number of carbonyl (C=O) groups excluding carboxylic acids is 1. The van der Waals surface area contributed by atoms with Crippen molar-refractivity contribution < 1.29 is 13.9 Å². The number of hydrogen-bond donors (Lipinski definition) is 0. The first-order valence-electron chi connectivity index (χ1n) is 9.27. The van der Waals surface area contributed by atoms with E-state index >= 15 is 0 Å². The number of rotatable bonds is 7. The zero-order valence-corrected chi connectivity index (χ0v) is 16.0. The second-order valence-corrected chi connectivity index (χ2v) is 6.57. The first-order chi connectivity index (χ1) is 14.2. The molecule has 29 heavy (non-hydrogen) atoms. The van der Waals surface area contributed by atoms with E-state index in [9.17, 15) is 4.79 Å². The van der Waals surface area contributed by atoms with Gasteiger partial charge >= 0.3 is 0 Å². The number of allylic oxidation sites excluding steroid dienone is 1. The fourth-order valence-corrected chi connectivity index (χ4v) is 2.89. The molecule has 0 aliphatic heterocycles. The molecule has 0 spiro atoms. The van der Waals surface area contributed by atoms with E-state index in [1.807, 2.05) is 66.2 Å². The molecule has 2 heterocycles. The summed E-state index contributed by atoms with van der Waals surface area (Å²) in [6.45, 7) is 2.33. The summed E-state index contributed by atoms with van der Waals surface area (Å²) in [5.74, 6) is 2.05. The lowest BCUT2D eigenvalue weighted by atomic mass is 10.1. The second kappa shape index (κ2) is 8.44. The molecule has 0 amide bonds. The number of imidazole rings is 1. The van der Waals surface area contributed by atoms with Crippen molar-refractivity contribution in [3.63, 3.8) is 0 Å². The fourth-order valence-electron chi connectivity index (χ4n) is 2.89. The number of ether oxygens (including phenoxy) is 1. The highest BCUT2D eigenvalue weighted by Crippen LogP contribution is 2.19. The smallest absolute Gasteiger partial charge is 0.185 e. The lowest BCUT2D eigenvalue weighted by Gasteiger charge is -2.06. The molecule has 0 aliphatic carbocycles. The Balaban J connectivity index is 1.36. The van der Waals surface area contributed by atoms with Crippen molar-refractivity contribution >= 4 is 11.9 Å². The summed E-state index contributed by atoms with van der Waals surface area (Å²) < 4.78 is 13.4. The van der Waals surface area contributed by atoms with Crippen molar-refractivity contribution in [1.82, 2.24) is 9.55 Å². The molecule has 0 N–H and O–H groups in total. The topological polar surface area (TPSA) is 57.3 Å². The minimum absolute atomic E-state index is 0.0868. The third kappa shape index (κ3) is 4.52. The Morgan fingerprint density at radius 3 is 2.69 bits per heavy atom. The van der Waals surface area contributed by atoms with Gasteiger partial charge in [0.2, 0.25) is 0 Å². The van der Waals surface area contributed by atoms with Gasteiger partial charge in [-0.05, 0) is 67.1 Å². The van der Waals surface area contributed by atoms with Crippen LogP contribution in [-0.4, -0.2) is 15.3 Å². The molecule has 5 nitrogen and oxygen atoms in total. The lowest BCUT2D eigenvalue weighted by Crippen LogP contribution is -1.96. The summed E-state index contributed by atoms with van der Waals surface area (Å²) in [5, 5.41) is 0. The Morgan fingerprint density at radius 2 is 1.93 bits per heavy atom. The number of aromatic nitrogens is 2. The molecule has 144 valence electrons. The molecule has 0 fully saturated rings. The number of furan rings is 1. The van der Waals surface area contributed by atoms with Crippen molar-refractivity contribution in [2.45, 2.75) is 13.5 Å². The van der Waals surface area contributed by atoms with Gasteiger partial charge in [-0.3, -0.25) is 4.79 Å². The van der Waals surface area contributed by atoms with Crippen LogP contribution in [0, 0.1) is 6.92 Å². The normalized spacial score (nSPS) is 11.1. The number of benzene rings is 2. The molecular formula is C24H20N2O3. The Hall–Kier alpha value is -3.86. The minimum atomic E-state index is -0.0868. The summed E-state index contributed by atoms with van der Waals surface area (Å²) in [4.78, 5) is 16.4. The molecule has 0 unspecified atom stereocenters. The van der Waals surface area contributed by atoms with Gasteiger partial charge in [0.25, 0.3) is 0 Å². The zero-order chi connectivity index (χ0) is 20.1. The van der Waals surface area contributed by atoms with Crippen molar-refractivity contribution in [2.75, 3.05) is 0 Å². The van der Waals surface area contributed by atoms with Crippen LogP contribution in [0.25, 0.3) is 11.8 Å². The molecule has 0 bridgehead atoms. The van der Waals surface area contributed by atoms with Crippen LogP contribution in [0.1, 0.15) is 27.4 Å². The van der Waals surface area contributed by atoms with E-state index in [0.29, 0.717) is 23.7 Å². The van der Waals surface area contributed by atoms with Crippen LogP contribution in [0.4, 0.5) is 0 Å². The average molecular weight is 384 g/mol. The quantitative estimate of drug-likeness (QED) is 0.323. The van der Waals surface area contributed by atoms with Gasteiger partial charge in [-0.25, -0.2) is 4.98 Å². The van der Waals surface area contributed by atoms with Crippen LogP contribution in [0.3, 0.4) is 0 Å². The molecule has 0 atom stereocenters. The highest BCUT2D eigenvalue weighted by Gasteiger charge is 2.05. The number of hydrogen-bond acceptors (Lipinski definition) is 4. The van der Waals surface area contributed by atoms with Gasteiger partial charge in [0.1, 0.15) is 23.9 Å². The van der Waals surface area contributed by atoms with E-state index < -0.39 is 0 Å². The molecule has 0 saturated heterocycles. The Labute approximate surface area is 168 Å². The van der Waals surface area contributed by atoms with Crippen molar-refractivity contribution in [3.05, 3.63) is 108 Å². The molecular weight excluding hydrogens is 364 g/mol. The maximum Gasteiger partial charge on any atom is 0.185 e. The van der Waals surface area contributed by atoms with Gasteiger partial charge in [0.15, 0.2) is 5.78 Å². The van der Waals surface area contributed by atoms with Gasteiger partial charge in [-0.1, -0.05) is 18.2 Å². The summed E-state index contributed by atoms with van der Waals surface area (Å²) in [5.41, 5.74) is 2.64. The maximum absolute atomic E-state index is 12.4. The van der Waals surface area contributed by atoms with Crippen LogP contribution < -0.4 is 4.74 Å². The van der Waals surface area contributed by atoms with E-state index in [0.717, 1.165) is 17.0 Å². The molecule has 2 aromatic heterocycles. The van der Waals surface area contributed by atoms with Crippen LogP contribution in [0.5, 0.6) is 5.75 Å². The highest BCUT2D eigenvalue weighted by molar-refractivity contribution is 6.06. The first kappa shape index (κ1) is 18.5. The van der Waals surface area contributed by atoms with Gasteiger partial charge in [-0.2, -0.15) is 0 Å². The number of carbonyl (C=O) groups is 1. The molecule has 0 saturated carbocycles. The van der Waals surface area contributed by atoms with E-state index in [4.69, 9.17) is 9.15 Å². The average Bonchev–Trinajstić information content (AvgIpc) is 3.44. The van der Waals surface area contributed by atoms with Gasteiger partial charge < -0.3 is 13.7 Å². The standard InChI is InChI=1S/C24H20N2O3/c1-18-4-2-3-5-24(18)28-16-22-11-10-21(29-22)12-13-23(27)19-6-8-20(9-7-19)26-15-14-25-17-26/h2-15,17H,16H2,1H3/b13-12+. The minimum Gasteiger partial charge on any atom is -0.485 e.